The van der Waals surface area contributed by atoms with E-state index in [-0.39, 0.29) is 0 Å². The van der Waals surface area contributed by atoms with Crippen LogP contribution in [0.2, 0.25) is 0 Å². The van der Waals surface area contributed by atoms with Gasteiger partial charge in [-0.15, -0.1) is 0 Å². The average molecular weight is 288 g/mol. The Balaban J connectivity index is 1.57. The third-order valence-electron chi connectivity index (χ3n) is 8.26. The number of carbonyl (C=O) groups is 1. The first-order valence-electron chi connectivity index (χ1n) is 9.59. The predicted molar refractivity (Wildman–Crippen MR) is 85.9 cm³/mol. The normalized spacial score (nSPS) is 53.5. The van der Waals surface area contributed by atoms with Crippen molar-refractivity contribution in [1.82, 2.24) is 0 Å². The zero-order valence-electron chi connectivity index (χ0n) is 13.9. The highest BCUT2D eigenvalue weighted by Crippen LogP contribution is 2.62. The Morgan fingerprint density at radius 3 is 2.71 bits per heavy atom. The fourth-order valence-corrected chi connectivity index (χ4v) is 7.09. The molecule has 4 fully saturated rings. The lowest BCUT2D eigenvalue weighted by Crippen LogP contribution is -2.52. The van der Waals surface area contributed by atoms with Crippen LogP contribution in [-0.4, -0.2) is 5.78 Å². The summed E-state index contributed by atoms with van der Waals surface area (Å²) in [5, 5.41) is 0. The molecule has 7 atom stereocenters. The van der Waals surface area contributed by atoms with Gasteiger partial charge in [0.2, 0.25) is 0 Å². The third-order valence-corrected chi connectivity index (χ3v) is 8.26. The molecule has 21 heavy (non-hydrogen) atoms. The Labute approximate surface area is 130 Å². The fraction of sp³-hybridized carbons (Fsp3) is 0.950. The van der Waals surface area contributed by atoms with Crippen LogP contribution in [0, 0.1) is 40.9 Å². The molecular formula is C20H32O. The first-order chi connectivity index (χ1) is 10.1. The minimum absolute atomic E-state index is 0.557. The van der Waals surface area contributed by atoms with Crippen LogP contribution in [0.4, 0.5) is 0 Å². The summed E-state index contributed by atoms with van der Waals surface area (Å²) in [6.07, 6.45) is 13.2. The molecule has 0 N–H and O–H groups in total. The predicted octanol–water partition coefficient (Wildman–Crippen LogP) is 5.23. The Morgan fingerprint density at radius 1 is 1.00 bits per heavy atom. The van der Waals surface area contributed by atoms with Crippen molar-refractivity contribution in [1.29, 1.82) is 0 Å². The van der Waals surface area contributed by atoms with Crippen molar-refractivity contribution in [3.8, 4) is 0 Å². The summed E-state index contributed by atoms with van der Waals surface area (Å²) < 4.78 is 0. The highest BCUT2D eigenvalue weighted by molar-refractivity contribution is 5.79. The number of fused-ring (bicyclic) bond motifs is 5. The summed E-state index contributed by atoms with van der Waals surface area (Å²) in [5.74, 6) is 6.13. The molecule has 0 amide bonds. The average Bonchev–Trinajstić information content (AvgIpc) is 2.47. The van der Waals surface area contributed by atoms with E-state index in [4.69, 9.17) is 0 Å². The summed E-state index contributed by atoms with van der Waals surface area (Å²) in [5.41, 5.74) is 0.641. The molecule has 0 aromatic rings. The summed E-state index contributed by atoms with van der Waals surface area (Å²) >= 11 is 0. The van der Waals surface area contributed by atoms with Crippen molar-refractivity contribution in [3.63, 3.8) is 0 Å². The van der Waals surface area contributed by atoms with E-state index < -0.39 is 0 Å². The van der Waals surface area contributed by atoms with Gasteiger partial charge in [0.15, 0.2) is 0 Å². The molecule has 118 valence electrons. The van der Waals surface area contributed by atoms with Crippen LogP contribution < -0.4 is 0 Å². The van der Waals surface area contributed by atoms with Crippen LogP contribution >= 0.6 is 0 Å². The monoisotopic (exact) mass is 288 g/mol. The van der Waals surface area contributed by atoms with Gasteiger partial charge in [-0.05, 0) is 85.9 Å². The Hall–Kier alpha value is -0.330. The molecule has 0 spiro atoms. The van der Waals surface area contributed by atoms with Crippen LogP contribution in [0.25, 0.3) is 0 Å². The smallest absolute Gasteiger partial charge is 0.133 e. The van der Waals surface area contributed by atoms with E-state index in [0.717, 1.165) is 48.3 Å². The second-order valence-corrected chi connectivity index (χ2v) is 9.21. The van der Waals surface area contributed by atoms with Crippen LogP contribution in [0.3, 0.4) is 0 Å². The van der Waals surface area contributed by atoms with Gasteiger partial charge >= 0.3 is 0 Å². The second-order valence-electron chi connectivity index (χ2n) is 9.21. The molecule has 0 radical (unpaired) electrons. The first kappa shape index (κ1) is 14.3. The number of Topliss-reactive ketones (excluding diaryl/α,β-unsaturated/α-hetero) is 1. The molecule has 0 saturated heterocycles. The standard InChI is InChI=1S/C20H32O/c1-13-9-10-20(2)15(11-13)4-6-18-17-7-5-16(21)12-14(17)3-8-19(18)20/h13-15,17-19H,3-12H2,1-2H3/t13-,14-,15+,17-,18+,19+,20+/m0/s1. The van der Waals surface area contributed by atoms with Crippen molar-refractivity contribution >= 4 is 5.78 Å². The van der Waals surface area contributed by atoms with E-state index in [1.807, 2.05) is 0 Å². The minimum atomic E-state index is 0.557. The van der Waals surface area contributed by atoms with Crippen LogP contribution in [-0.2, 0) is 4.79 Å². The van der Waals surface area contributed by atoms with Crippen molar-refractivity contribution in [3.05, 3.63) is 0 Å². The Kier molecular flexibility index (Phi) is 3.47. The van der Waals surface area contributed by atoms with Gasteiger partial charge in [0.25, 0.3) is 0 Å². The molecule has 0 aliphatic heterocycles. The van der Waals surface area contributed by atoms with Crippen LogP contribution in [0.5, 0.6) is 0 Å². The molecule has 4 aliphatic rings. The summed E-state index contributed by atoms with van der Waals surface area (Å²) in [7, 11) is 0. The topological polar surface area (TPSA) is 17.1 Å². The van der Waals surface area contributed by atoms with Gasteiger partial charge in [-0.3, -0.25) is 4.79 Å². The molecule has 4 aliphatic carbocycles. The molecular weight excluding hydrogens is 256 g/mol. The number of rotatable bonds is 0. The molecule has 0 aromatic heterocycles. The molecule has 4 rings (SSSR count). The lowest BCUT2D eigenvalue weighted by atomic mass is 9.45. The third kappa shape index (κ3) is 2.21. The van der Waals surface area contributed by atoms with Gasteiger partial charge in [-0.25, -0.2) is 0 Å². The van der Waals surface area contributed by atoms with E-state index in [9.17, 15) is 4.79 Å². The summed E-state index contributed by atoms with van der Waals surface area (Å²) in [6, 6.07) is 0. The largest absolute Gasteiger partial charge is 0.300 e. The lowest BCUT2D eigenvalue weighted by Gasteiger charge is -2.60. The van der Waals surface area contributed by atoms with E-state index in [0.29, 0.717) is 11.2 Å². The summed E-state index contributed by atoms with van der Waals surface area (Å²) in [4.78, 5) is 11.8. The maximum atomic E-state index is 11.8. The molecule has 0 unspecified atom stereocenters. The number of carbonyl (C=O) groups excluding carboxylic acids is 1. The van der Waals surface area contributed by atoms with E-state index in [2.05, 4.69) is 13.8 Å². The van der Waals surface area contributed by atoms with E-state index in [1.165, 1.54) is 51.4 Å². The van der Waals surface area contributed by atoms with Gasteiger partial charge in [0, 0.05) is 12.8 Å². The van der Waals surface area contributed by atoms with Gasteiger partial charge in [0.1, 0.15) is 5.78 Å². The highest BCUT2D eigenvalue weighted by atomic mass is 16.1. The van der Waals surface area contributed by atoms with Gasteiger partial charge < -0.3 is 0 Å². The number of ketones is 1. The number of hydrogen-bond acceptors (Lipinski definition) is 1. The zero-order valence-corrected chi connectivity index (χ0v) is 13.9. The van der Waals surface area contributed by atoms with Gasteiger partial charge in [-0.2, -0.15) is 0 Å². The Bertz CT molecular complexity index is 428. The molecule has 1 nitrogen and oxygen atoms in total. The minimum Gasteiger partial charge on any atom is -0.300 e. The first-order valence-corrected chi connectivity index (χ1v) is 9.59. The van der Waals surface area contributed by atoms with Gasteiger partial charge in [-0.1, -0.05) is 20.3 Å². The molecule has 1 heteroatoms. The van der Waals surface area contributed by atoms with Crippen LogP contribution in [0.15, 0.2) is 0 Å². The zero-order chi connectivity index (χ0) is 14.6. The van der Waals surface area contributed by atoms with Crippen molar-refractivity contribution in [2.24, 2.45) is 40.9 Å². The van der Waals surface area contributed by atoms with Crippen molar-refractivity contribution < 1.29 is 4.79 Å². The second kappa shape index (κ2) is 5.10. The summed E-state index contributed by atoms with van der Waals surface area (Å²) in [6.45, 7) is 5.12. The quantitative estimate of drug-likeness (QED) is 0.596. The SMILES string of the molecule is C[C@H]1CC[C@]2(C)[C@H](CC[C@@H]3[C@H]4CCC(=O)C[C@@H]4CC[C@H]32)C1. The number of hydrogen-bond donors (Lipinski definition) is 0. The fourth-order valence-electron chi connectivity index (χ4n) is 7.09. The van der Waals surface area contributed by atoms with E-state index in [1.54, 1.807) is 0 Å². The molecule has 4 saturated carbocycles. The van der Waals surface area contributed by atoms with Crippen LogP contribution in [0.1, 0.15) is 78.1 Å². The van der Waals surface area contributed by atoms with Crippen molar-refractivity contribution in [2.45, 2.75) is 78.1 Å². The molecule has 0 heterocycles. The van der Waals surface area contributed by atoms with Gasteiger partial charge in [0.05, 0.1) is 0 Å². The lowest BCUT2D eigenvalue weighted by molar-refractivity contribution is -0.132. The maximum absolute atomic E-state index is 11.8. The molecule has 0 aromatic carbocycles. The Morgan fingerprint density at radius 2 is 1.86 bits per heavy atom. The maximum Gasteiger partial charge on any atom is 0.133 e. The molecule has 0 bridgehead atoms. The van der Waals surface area contributed by atoms with Crippen molar-refractivity contribution in [2.75, 3.05) is 0 Å². The highest BCUT2D eigenvalue weighted by Gasteiger charge is 2.54. The van der Waals surface area contributed by atoms with E-state index >= 15 is 0 Å².